The second kappa shape index (κ2) is 7.65. The summed E-state index contributed by atoms with van der Waals surface area (Å²) in [4.78, 5) is 12.6. The molecule has 1 aromatic carbocycles. The Morgan fingerprint density at radius 1 is 1.07 bits per heavy atom. The van der Waals surface area contributed by atoms with Crippen LogP contribution >= 0.6 is 0 Å². The van der Waals surface area contributed by atoms with Gasteiger partial charge in [-0.3, -0.25) is 4.79 Å². The number of hydrogen-bond donors (Lipinski definition) is 2. The quantitative estimate of drug-likeness (QED) is 0.697. The lowest BCUT2D eigenvalue weighted by Crippen LogP contribution is -2.33. The first-order valence-corrected chi connectivity index (χ1v) is 9.11. The van der Waals surface area contributed by atoms with E-state index in [-0.39, 0.29) is 11.9 Å². The molecule has 0 aliphatic heterocycles. The van der Waals surface area contributed by atoms with E-state index in [2.05, 4.69) is 20.8 Å². The van der Waals surface area contributed by atoms with E-state index in [1.165, 1.54) is 0 Å². The number of nitrogens with one attached hydrogen (secondary N) is 2. The molecule has 1 atom stereocenters. The molecule has 2 N–H and O–H groups in total. The fourth-order valence-corrected chi connectivity index (χ4v) is 3.01. The summed E-state index contributed by atoms with van der Waals surface area (Å²) < 4.78 is 3.67. The first kappa shape index (κ1) is 18.7. The molecule has 142 valence electrons. The normalized spacial score (nSPS) is 12.2. The van der Waals surface area contributed by atoms with Crippen LogP contribution in [0.1, 0.15) is 38.2 Å². The molecule has 2 heterocycles. The van der Waals surface area contributed by atoms with Gasteiger partial charge < -0.3 is 10.6 Å². The highest BCUT2D eigenvalue weighted by Gasteiger charge is 2.20. The number of anilines is 2. The highest BCUT2D eigenvalue weighted by Crippen LogP contribution is 2.23. The molecule has 3 rings (SSSR count). The molecule has 1 amide bonds. The molecule has 0 bridgehead atoms. The minimum Gasteiger partial charge on any atom is -0.371 e. The lowest BCUT2D eigenvalue weighted by atomic mass is 10.2. The van der Waals surface area contributed by atoms with Gasteiger partial charge in [0.15, 0.2) is 0 Å². The number of hydrogen-bond acceptors (Lipinski definition) is 4. The third-order valence-corrected chi connectivity index (χ3v) is 4.46. The van der Waals surface area contributed by atoms with E-state index in [1.54, 1.807) is 16.9 Å². The lowest BCUT2D eigenvalue weighted by Gasteiger charge is -2.17. The van der Waals surface area contributed by atoms with E-state index < -0.39 is 6.04 Å². The van der Waals surface area contributed by atoms with Crippen LogP contribution in [0.25, 0.3) is 5.69 Å². The van der Waals surface area contributed by atoms with Crippen LogP contribution in [-0.4, -0.2) is 31.5 Å². The van der Waals surface area contributed by atoms with E-state index in [0.717, 1.165) is 22.8 Å². The molecule has 7 heteroatoms. The third kappa shape index (κ3) is 3.86. The molecule has 27 heavy (non-hydrogen) atoms. The molecule has 7 nitrogen and oxygen atoms in total. The van der Waals surface area contributed by atoms with Gasteiger partial charge in [-0.1, -0.05) is 18.2 Å². The molecule has 0 radical (unpaired) electrons. The average molecular weight is 366 g/mol. The number of para-hydroxylation sites is 1. The smallest absolute Gasteiger partial charge is 0.247 e. The Hall–Kier alpha value is -3.09. The maximum atomic E-state index is 12.6. The first-order valence-electron chi connectivity index (χ1n) is 9.11. The van der Waals surface area contributed by atoms with E-state index >= 15 is 0 Å². The number of amides is 1. The summed E-state index contributed by atoms with van der Waals surface area (Å²) in [6.07, 6.45) is 1.69. The second-order valence-electron chi connectivity index (χ2n) is 6.90. The Morgan fingerprint density at radius 2 is 1.78 bits per heavy atom. The second-order valence-corrected chi connectivity index (χ2v) is 6.90. The zero-order chi connectivity index (χ0) is 19.6. The van der Waals surface area contributed by atoms with E-state index in [1.807, 2.05) is 69.6 Å². The topological polar surface area (TPSA) is 76.8 Å². The SMILES string of the molecule is Cc1nn(-c2ccccc2)c(C)c1N[C@H](C)C(=O)Nc1ccnn1C(C)C. The molecule has 0 unspecified atom stereocenters. The minimum absolute atomic E-state index is 0.122. The van der Waals surface area contributed by atoms with Gasteiger partial charge in [0.05, 0.1) is 29.0 Å². The zero-order valence-electron chi connectivity index (χ0n) is 16.4. The van der Waals surface area contributed by atoms with E-state index in [4.69, 9.17) is 0 Å². The number of rotatable bonds is 6. The fraction of sp³-hybridized carbons (Fsp3) is 0.350. The fourth-order valence-electron chi connectivity index (χ4n) is 3.01. The number of aromatic nitrogens is 4. The number of carbonyl (C=O) groups excluding carboxylic acids is 1. The van der Waals surface area contributed by atoms with E-state index in [0.29, 0.717) is 5.82 Å². The largest absolute Gasteiger partial charge is 0.371 e. The molecule has 0 aliphatic carbocycles. The van der Waals surface area contributed by atoms with Gasteiger partial charge in [-0.25, -0.2) is 9.36 Å². The van der Waals surface area contributed by atoms with Crippen molar-refractivity contribution in [3.05, 3.63) is 54.0 Å². The number of carbonyl (C=O) groups is 1. The summed E-state index contributed by atoms with van der Waals surface area (Å²) in [5.74, 6) is 0.570. The molecule has 3 aromatic rings. The van der Waals surface area contributed by atoms with Gasteiger partial charge in [0.1, 0.15) is 11.9 Å². The van der Waals surface area contributed by atoms with E-state index in [9.17, 15) is 4.79 Å². The summed E-state index contributed by atoms with van der Waals surface area (Å²) in [5.41, 5.74) is 3.68. The van der Waals surface area contributed by atoms with Gasteiger partial charge in [-0.05, 0) is 46.8 Å². The van der Waals surface area contributed by atoms with Gasteiger partial charge in [-0.15, -0.1) is 0 Å². The van der Waals surface area contributed by atoms with Crippen molar-refractivity contribution < 1.29 is 4.79 Å². The predicted molar refractivity (Wildman–Crippen MR) is 107 cm³/mol. The van der Waals surface area contributed by atoms with Gasteiger partial charge in [-0.2, -0.15) is 10.2 Å². The summed E-state index contributed by atoms with van der Waals surface area (Å²) in [6, 6.07) is 11.5. The van der Waals surface area contributed by atoms with Crippen molar-refractivity contribution in [2.24, 2.45) is 0 Å². The average Bonchev–Trinajstić information content (AvgIpc) is 3.22. The van der Waals surface area contributed by atoms with Crippen LogP contribution in [0.4, 0.5) is 11.5 Å². The highest BCUT2D eigenvalue weighted by molar-refractivity contribution is 5.95. The Labute approximate surface area is 159 Å². The maximum absolute atomic E-state index is 12.6. The molecular formula is C20H26N6O. The van der Waals surface area contributed by atoms with Crippen LogP contribution in [0.3, 0.4) is 0 Å². The van der Waals surface area contributed by atoms with Crippen LogP contribution in [0.15, 0.2) is 42.6 Å². The van der Waals surface area contributed by atoms with Crippen molar-refractivity contribution in [1.82, 2.24) is 19.6 Å². The van der Waals surface area contributed by atoms with Crippen molar-refractivity contribution in [2.45, 2.75) is 46.7 Å². The maximum Gasteiger partial charge on any atom is 0.247 e. The molecule has 0 saturated heterocycles. The first-order chi connectivity index (χ1) is 12.9. The van der Waals surface area contributed by atoms with Crippen LogP contribution in [0, 0.1) is 13.8 Å². The van der Waals surface area contributed by atoms with Crippen molar-refractivity contribution in [2.75, 3.05) is 10.6 Å². The van der Waals surface area contributed by atoms with Crippen molar-refractivity contribution >= 4 is 17.4 Å². The molecule has 0 spiro atoms. The molecular weight excluding hydrogens is 340 g/mol. The predicted octanol–water partition coefficient (Wildman–Crippen LogP) is 3.71. The molecule has 2 aromatic heterocycles. The molecule has 0 saturated carbocycles. The molecule has 0 aliphatic rings. The van der Waals surface area contributed by atoms with Crippen LogP contribution < -0.4 is 10.6 Å². The number of aryl methyl sites for hydroxylation is 1. The number of nitrogens with zero attached hydrogens (tertiary/aromatic N) is 4. The number of benzene rings is 1. The van der Waals surface area contributed by atoms with Gasteiger partial charge in [0.2, 0.25) is 5.91 Å². The van der Waals surface area contributed by atoms with Gasteiger partial charge >= 0.3 is 0 Å². The monoisotopic (exact) mass is 366 g/mol. The van der Waals surface area contributed by atoms with Crippen LogP contribution in [0.5, 0.6) is 0 Å². The Balaban J connectivity index is 1.76. The van der Waals surface area contributed by atoms with Crippen molar-refractivity contribution in [3.8, 4) is 5.69 Å². The van der Waals surface area contributed by atoms with Gasteiger partial charge in [0, 0.05) is 12.1 Å². The zero-order valence-corrected chi connectivity index (χ0v) is 16.4. The summed E-state index contributed by atoms with van der Waals surface area (Å²) in [7, 11) is 0. The van der Waals surface area contributed by atoms with Gasteiger partial charge in [0.25, 0.3) is 0 Å². The Morgan fingerprint density at radius 3 is 2.44 bits per heavy atom. The van der Waals surface area contributed by atoms with Crippen molar-refractivity contribution in [1.29, 1.82) is 0 Å². The Bertz CT molecular complexity index is 925. The molecule has 0 fully saturated rings. The van der Waals surface area contributed by atoms with Crippen LogP contribution in [0.2, 0.25) is 0 Å². The lowest BCUT2D eigenvalue weighted by molar-refractivity contribution is -0.116. The standard InChI is InChI=1S/C20H26N6O/c1-13(2)25-18(11-12-21-25)23-20(27)15(4)22-19-14(3)24-26(16(19)5)17-9-7-6-8-10-17/h6-13,15,22H,1-5H3,(H,23,27)/t15-/m1/s1. The summed E-state index contributed by atoms with van der Waals surface area (Å²) in [5, 5.41) is 15.1. The summed E-state index contributed by atoms with van der Waals surface area (Å²) >= 11 is 0. The van der Waals surface area contributed by atoms with Crippen molar-refractivity contribution in [3.63, 3.8) is 0 Å². The Kier molecular flexibility index (Phi) is 5.30. The highest BCUT2D eigenvalue weighted by atomic mass is 16.2. The minimum atomic E-state index is -0.425. The summed E-state index contributed by atoms with van der Waals surface area (Å²) in [6.45, 7) is 9.81. The van der Waals surface area contributed by atoms with Crippen LogP contribution in [-0.2, 0) is 4.79 Å². The third-order valence-electron chi connectivity index (χ3n) is 4.46.